The summed E-state index contributed by atoms with van der Waals surface area (Å²) in [5, 5.41) is 0. The number of aryl methyl sites for hydroxylation is 1. The number of aromatic nitrogens is 2. The molecule has 7 heteroatoms. The highest BCUT2D eigenvalue weighted by Gasteiger charge is 2.46. The molecule has 0 aliphatic carbocycles. The Balaban J connectivity index is 0.00000140. The quantitative estimate of drug-likeness (QED) is 0.724. The summed E-state index contributed by atoms with van der Waals surface area (Å²) in [4.78, 5) is 14.1. The van der Waals surface area contributed by atoms with Gasteiger partial charge in [-0.1, -0.05) is 25.5 Å². The lowest BCUT2D eigenvalue weighted by Crippen LogP contribution is -2.30. The molecule has 2 aliphatic heterocycles. The van der Waals surface area contributed by atoms with Crippen molar-refractivity contribution in [2.75, 3.05) is 38.7 Å². The second-order valence-electron chi connectivity index (χ2n) is 7.63. The Hall–Kier alpha value is -1.56. The van der Waals surface area contributed by atoms with E-state index < -0.39 is 0 Å². The van der Waals surface area contributed by atoms with Gasteiger partial charge in [-0.15, -0.1) is 24.8 Å². The third-order valence-corrected chi connectivity index (χ3v) is 5.87. The van der Waals surface area contributed by atoms with Gasteiger partial charge in [-0.05, 0) is 42.6 Å². The molecule has 0 spiro atoms. The van der Waals surface area contributed by atoms with E-state index in [-0.39, 0.29) is 24.8 Å². The predicted molar refractivity (Wildman–Crippen MR) is 118 cm³/mol. The Morgan fingerprint density at radius 2 is 1.71 bits per heavy atom. The Morgan fingerprint density at radius 3 is 2.32 bits per heavy atom. The fourth-order valence-electron chi connectivity index (χ4n) is 4.65. The van der Waals surface area contributed by atoms with Crippen LogP contribution in [-0.2, 0) is 6.42 Å². The molecule has 5 nitrogen and oxygen atoms in total. The van der Waals surface area contributed by atoms with Crippen LogP contribution in [0, 0.1) is 11.8 Å². The molecule has 0 saturated carbocycles. The minimum absolute atomic E-state index is 0. The molecular weight excluding hydrogens is 395 g/mol. The Kier molecular flexibility index (Phi) is 7.93. The van der Waals surface area contributed by atoms with Gasteiger partial charge in [0.05, 0.1) is 7.11 Å². The topological polar surface area (TPSA) is 41.5 Å². The molecule has 3 heterocycles. The zero-order chi connectivity index (χ0) is 18.1. The molecule has 0 radical (unpaired) electrons. The SMILES string of the molecule is CCCc1cnc(N2C[C@@H]3CN(C)[C@@H](c4ccc(OC)cc4)[C@@H]3C2)nc1.Cl.Cl. The van der Waals surface area contributed by atoms with Crippen LogP contribution in [0.1, 0.15) is 30.5 Å². The number of nitrogens with zero attached hydrogens (tertiary/aromatic N) is 4. The Morgan fingerprint density at radius 1 is 1.04 bits per heavy atom. The number of rotatable bonds is 5. The van der Waals surface area contributed by atoms with E-state index in [0.29, 0.717) is 17.9 Å². The van der Waals surface area contributed by atoms with E-state index in [0.717, 1.165) is 44.2 Å². The highest BCUT2D eigenvalue weighted by atomic mass is 35.5. The van der Waals surface area contributed by atoms with Crippen molar-refractivity contribution in [1.82, 2.24) is 14.9 Å². The lowest BCUT2D eigenvalue weighted by molar-refractivity contribution is 0.279. The zero-order valence-corrected chi connectivity index (χ0v) is 18.4. The van der Waals surface area contributed by atoms with E-state index in [1.807, 2.05) is 12.4 Å². The number of likely N-dealkylation sites (tertiary alicyclic amines) is 1. The molecule has 2 aliphatic rings. The van der Waals surface area contributed by atoms with Crippen LogP contribution >= 0.6 is 24.8 Å². The average molecular weight is 425 g/mol. The zero-order valence-electron chi connectivity index (χ0n) is 16.7. The second kappa shape index (κ2) is 9.77. The van der Waals surface area contributed by atoms with Crippen LogP contribution in [0.4, 0.5) is 5.95 Å². The van der Waals surface area contributed by atoms with Crippen LogP contribution in [0.3, 0.4) is 0 Å². The summed E-state index contributed by atoms with van der Waals surface area (Å²) >= 11 is 0. The number of anilines is 1. The highest BCUT2D eigenvalue weighted by molar-refractivity contribution is 5.85. The van der Waals surface area contributed by atoms with Crippen molar-refractivity contribution in [2.24, 2.45) is 11.8 Å². The minimum Gasteiger partial charge on any atom is -0.497 e. The molecule has 2 saturated heterocycles. The number of hydrogen-bond donors (Lipinski definition) is 0. The lowest BCUT2D eigenvalue weighted by Gasteiger charge is -2.27. The van der Waals surface area contributed by atoms with Crippen molar-refractivity contribution in [3.63, 3.8) is 0 Å². The fourth-order valence-corrected chi connectivity index (χ4v) is 4.65. The highest BCUT2D eigenvalue weighted by Crippen LogP contribution is 2.44. The standard InChI is InChI=1S/C21H28N4O.2ClH/c1-4-5-15-10-22-21(23-11-15)25-13-17-12-24(2)20(19(17)14-25)16-6-8-18(26-3)9-7-16;;/h6-11,17,19-20H,4-5,12-14H2,1-3H3;2*1H/t17-,19+,20-;;/m0../s1. The number of fused-ring (bicyclic) bond motifs is 1. The van der Waals surface area contributed by atoms with Gasteiger partial charge >= 0.3 is 0 Å². The molecular formula is C21H30Cl2N4O. The van der Waals surface area contributed by atoms with Crippen LogP contribution in [0.25, 0.3) is 0 Å². The van der Waals surface area contributed by atoms with E-state index in [2.05, 4.69) is 58.0 Å². The minimum atomic E-state index is 0. The van der Waals surface area contributed by atoms with Gasteiger partial charge in [0.2, 0.25) is 5.95 Å². The van der Waals surface area contributed by atoms with Gasteiger partial charge in [0.1, 0.15) is 5.75 Å². The first kappa shape index (κ1) is 22.7. The maximum absolute atomic E-state index is 5.31. The van der Waals surface area contributed by atoms with Crippen LogP contribution in [-0.4, -0.2) is 48.7 Å². The number of halogens is 2. The monoisotopic (exact) mass is 424 g/mol. The van der Waals surface area contributed by atoms with Crippen LogP contribution in [0.5, 0.6) is 5.75 Å². The van der Waals surface area contributed by atoms with Crippen molar-refractivity contribution in [3.05, 3.63) is 47.8 Å². The van der Waals surface area contributed by atoms with Crippen molar-refractivity contribution < 1.29 is 4.74 Å². The number of methoxy groups -OCH3 is 1. The summed E-state index contributed by atoms with van der Waals surface area (Å²) in [5.74, 6) is 3.09. The second-order valence-corrected chi connectivity index (χ2v) is 7.63. The smallest absolute Gasteiger partial charge is 0.225 e. The van der Waals surface area contributed by atoms with Crippen LogP contribution in [0.2, 0.25) is 0 Å². The van der Waals surface area contributed by atoms with Gasteiger partial charge in [-0.2, -0.15) is 0 Å². The number of ether oxygens (including phenoxy) is 1. The van der Waals surface area contributed by atoms with Gasteiger partial charge < -0.3 is 9.64 Å². The van der Waals surface area contributed by atoms with Gasteiger partial charge in [0.25, 0.3) is 0 Å². The maximum Gasteiger partial charge on any atom is 0.225 e. The average Bonchev–Trinajstić information content (AvgIpc) is 3.19. The first-order valence-corrected chi connectivity index (χ1v) is 9.59. The Bertz CT molecular complexity index is 741. The van der Waals surface area contributed by atoms with E-state index in [1.54, 1.807) is 7.11 Å². The third kappa shape index (κ3) is 4.37. The molecule has 28 heavy (non-hydrogen) atoms. The third-order valence-electron chi connectivity index (χ3n) is 5.87. The van der Waals surface area contributed by atoms with E-state index in [1.165, 1.54) is 11.1 Å². The molecule has 2 aromatic rings. The van der Waals surface area contributed by atoms with E-state index in [9.17, 15) is 0 Å². The largest absolute Gasteiger partial charge is 0.497 e. The molecule has 154 valence electrons. The normalized spacial score (nSPS) is 23.7. The number of benzene rings is 1. The summed E-state index contributed by atoms with van der Waals surface area (Å²) < 4.78 is 5.31. The van der Waals surface area contributed by atoms with Crippen LogP contribution < -0.4 is 9.64 Å². The Labute approximate surface area is 180 Å². The molecule has 0 amide bonds. The lowest BCUT2D eigenvalue weighted by atomic mass is 9.89. The van der Waals surface area contributed by atoms with Crippen molar-refractivity contribution >= 4 is 30.8 Å². The van der Waals surface area contributed by atoms with Gasteiger partial charge in [-0.3, -0.25) is 4.90 Å². The van der Waals surface area contributed by atoms with Crippen molar-refractivity contribution in [1.29, 1.82) is 0 Å². The fraction of sp³-hybridized carbons (Fsp3) is 0.524. The van der Waals surface area contributed by atoms with E-state index in [4.69, 9.17) is 4.74 Å². The molecule has 0 bridgehead atoms. The summed E-state index contributed by atoms with van der Waals surface area (Å²) in [6.07, 6.45) is 6.17. The summed E-state index contributed by atoms with van der Waals surface area (Å²) in [6.45, 7) is 5.39. The molecule has 2 fully saturated rings. The molecule has 4 rings (SSSR count). The van der Waals surface area contributed by atoms with Gasteiger partial charge in [0, 0.05) is 44.0 Å². The first-order valence-electron chi connectivity index (χ1n) is 9.59. The van der Waals surface area contributed by atoms with E-state index >= 15 is 0 Å². The van der Waals surface area contributed by atoms with Crippen molar-refractivity contribution in [3.8, 4) is 5.75 Å². The van der Waals surface area contributed by atoms with Crippen LogP contribution in [0.15, 0.2) is 36.7 Å². The number of hydrogen-bond acceptors (Lipinski definition) is 5. The summed E-state index contributed by atoms with van der Waals surface area (Å²) in [7, 11) is 3.96. The molecule has 1 aromatic carbocycles. The molecule has 0 unspecified atom stereocenters. The molecule has 3 atom stereocenters. The summed E-state index contributed by atoms with van der Waals surface area (Å²) in [5.41, 5.74) is 2.60. The predicted octanol–water partition coefficient (Wildman–Crippen LogP) is 4.02. The van der Waals surface area contributed by atoms with Gasteiger partial charge in [-0.25, -0.2) is 9.97 Å². The summed E-state index contributed by atoms with van der Waals surface area (Å²) in [6, 6.07) is 9.01. The van der Waals surface area contributed by atoms with Gasteiger partial charge in [0.15, 0.2) is 0 Å². The molecule has 0 N–H and O–H groups in total. The first-order chi connectivity index (χ1) is 12.7. The van der Waals surface area contributed by atoms with Crippen molar-refractivity contribution in [2.45, 2.75) is 25.8 Å². The molecule has 1 aromatic heterocycles. The maximum atomic E-state index is 5.31.